The summed E-state index contributed by atoms with van der Waals surface area (Å²) in [7, 11) is 0. The van der Waals surface area contributed by atoms with E-state index in [1.165, 1.54) is 0 Å². The number of carbonyl (C=O) groups is 2. The summed E-state index contributed by atoms with van der Waals surface area (Å²) in [4.78, 5) is 23.0. The Kier molecular flexibility index (Phi) is 7.32. The molecule has 0 saturated carbocycles. The second kappa shape index (κ2) is 9.14. The van der Waals surface area contributed by atoms with Gasteiger partial charge in [0.25, 0.3) is 0 Å². The van der Waals surface area contributed by atoms with Crippen molar-refractivity contribution in [2.45, 2.75) is 32.6 Å². The smallest absolute Gasteiger partial charge is 0.407 e. The molecule has 0 aliphatic heterocycles. The molecule has 1 amide bonds. The van der Waals surface area contributed by atoms with Crippen molar-refractivity contribution in [2.24, 2.45) is 0 Å². The normalized spacial score (nSPS) is 9.95. The van der Waals surface area contributed by atoms with Crippen molar-refractivity contribution in [3.05, 3.63) is 35.9 Å². The van der Waals surface area contributed by atoms with Crippen molar-refractivity contribution in [1.82, 2.24) is 5.32 Å². The summed E-state index contributed by atoms with van der Waals surface area (Å²) in [5, 5.41) is 2.66. The summed E-state index contributed by atoms with van der Waals surface area (Å²) in [6, 6.07) is 9.14. The standard InChI is InChI=1S/C15H21NO3/c1-2-3-11-16-15(18)19-12-7-10-14(17)13-8-5-4-6-9-13/h4-6,8-9H,2-3,7,10-12H2,1H3,(H,16,18). The van der Waals surface area contributed by atoms with Gasteiger partial charge in [0.1, 0.15) is 0 Å². The lowest BCUT2D eigenvalue weighted by atomic mass is 10.1. The lowest BCUT2D eigenvalue weighted by molar-refractivity contribution is 0.0960. The third-order valence-corrected chi connectivity index (χ3v) is 2.68. The number of alkyl carbamates (subject to hydrolysis) is 1. The Balaban J connectivity index is 2.11. The fourth-order valence-electron chi connectivity index (χ4n) is 1.58. The van der Waals surface area contributed by atoms with Gasteiger partial charge in [-0.3, -0.25) is 4.79 Å². The van der Waals surface area contributed by atoms with Crippen LogP contribution in [0.5, 0.6) is 0 Å². The van der Waals surface area contributed by atoms with Gasteiger partial charge < -0.3 is 10.1 Å². The van der Waals surface area contributed by atoms with Gasteiger partial charge in [-0.05, 0) is 12.8 Å². The summed E-state index contributed by atoms with van der Waals surface area (Å²) < 4.78 is 4.97. The maximum Gasteiger partial charge on any atom is 0.407 e. The molecule has 1 rings (SSSR count). The monoisotopic (exact) mass is 263 g/mol. The quantitative estimate of drug-likeness (QED) is 0.579. The van der Waals surface area contributed by atoms with E-state index in [1.54, 1.807) is 12.1 Å². The van der Waals surface area contributed by atoms with Crippen LogP contribution in [0.2, 0.25) is 0 Å². The largest absolute Gasteiger partial charge is 0.450 e. The highest BCUT2D eigenvalue weighted by Crippen LogP contribution is 2.05. The zero-order valence-electron chi connectivity index (χ0n) is 11.4. The molecule has 0 unspecified atom stereocenters. The van der Waals surface area contributed by atoms with Crippen LogP contribution >= 0.6 is 0 Å². The van der Waals surface area contributed by atoms with Gasteiger partial charge in [0.05, 0.1) is 6.61 Å². The summed E-state index contributed by atoms with van der Waals surface area (Å²) in [6.07, 6.45) is 2.52. The average Bonchev–Trinajstić information content (AvgIpc) is 2.44. The number of ketones is 1. The molecule has 0 aromatic heterocycles. The molecule has 0 fully saturated rings. The van der Waals surface area contributed by atoms with Crippen molar-refractivity contribution < 1.29 is 14.3 Å². The van der Waals surface area contributed by atoms with E-state index in [0.717, 1.165) is 12.8 Å². The molecule has 0 heterocycles. The lowest BCUT2D eigenvalue weighted by Gasteiger charge is -2.06. The van der Waals surface area contributed by atoms with Gasteiger partial charge in [-0.2, -0.15) is 0 Å². The molecule has 1 aromatic rings. The van der Waals surface area contributed by atoms with E-state index in [0.29, 0.717) is 24.9 Å². The fraction of sp³-hybridized carbons (Fsp3) is 0.467. The van der Waals surface area contributed by atoms with Crippen LogP contribution in [0.15, 0.2) is 30.3 Å². The van der Waals surface area contributed by atoms with Gasteiger partial charge in [-0.1, -0.05) is 43.7 Å². The van der Waals surface area contributed by atoms with Gasteiger partial charge >= 0.3 is 6.09 Å². The van der Waals surface area contributed by atoms with Gasteiger partial charge in [-0.25, -0.2) is 4.79 Å². The van der Waals surface area contributed by atoms with E-state index in [4.69, 9.17) is 4.74 Å². The zero-order chi connectivity index (χ0) is 13.9. The SMILES string of the molecule is CCCCNC(=O)OCCCC(=O)c1ccccc1. The molecule has 1 aromatic carbocycles. The predicted molar refractivity (Wildman–Crippen MR) is 74.3 cm³/mol. The molecular weight excluding hydrogens is 242 g/mol. The zero-order valence-corrected chi connectivity index (χ0v) is 11.4. The van der Waals surface area contributed by atoms with Gasteiger partial charge in [-0.15, -0.1) is 0 Å². The third-order valence-electron chi connectivity index (χ3n) is 2.68. The average molecular weight is 263 g/mol. The van der Waals surface area contributed by atoms with Crippen molar-refractivity contribution in [3.63, 3.8) is 0 Å². The number of hydrogen-bond acceptors (Lipinski definition) is 3. The van der Waals surface area contributed by atoms with E-state index in [1.807, 2.05) is 18.2 Å². The van der Waals surface area contributed by atoms with Crippen LogP contribution < -0.4 is 5.32 Å². The number of Topliss-reactive ketones (excluding diaryl/α,β-unsaturated/α-hetero) is 1. The second-order valence-electron chi connectivity index (χ2n) is 4.31. The number of amides is 1. The molecule has 0 bridgehead atoms. The van der Waals surface area contributed by atoms with Crippen LogP contribution in [-0.2, 0) is 4.74 Å². The highest BCUT2D eigenvalue weighted by Gasteiger charge is 2.05. The number of hydrogen-bond donors (Lipinski definition) is 1. The molecule has 0 aliphatic carbocycles. The van der Waals surface area contributed by atoms with Crippen LogP contribution in [-0.4, -0.2) is 25.0 Å². The first-order valence-corrected chi connectivity index (χ1v) is 6.73. The van der Waals surface area contributed by atoms with Crippen LogP contribution in [0.4, 0.5) is 4.79 Å². The van der Waals surface area contributed by atoms with E-state index in [2.05, 4.69) is 12.2 Å². The van der Waals surface area contributed by atoms with E-state index < -0.39 is 6.09 Å². The Morgan fingerprint density at radius 2 is 1.89 bits per heavy atom. The minimum atomic E-state index is -0.402. The van der Waals surface area contributed by atoms with E-state index in [-0.39, 0.29) is 12.4 Å². The number of nitrogens with one attached hydrogen (secondary N) is 1. The summed E-state index contributed by atoms with van der Waals surface area (Å²) >= 11 is 0. The van der Waals surface area contributed by atoms with Crippen LogP contribution in [0.3, 0.4) is 0 Å². The molecule has 0 atom stereocenters. The van der Waals surface area contributed by atoms with E-state index in [9.17, 15) is 9.59 Å². The Labute approximate surface area is 114 Å². The molecule has 4 nitrogen and oxygen atoms in total. The second-order valence-corrected chi connectivity index (χ2v) is 4.31. The van der Waals surface area contributed by atoms with Crippen molar-refractivity contribution >= 4 is 11.9 Å². The summed E-state index contributed by atoms with van der Waals surface area (Å²) in [5.74, 6) is 0.0793. The van der Waals surface area contributed by atoms with Crippen LogP contribution in [0.1, 0.15) is 43.0 Å². The highest BCUT2D eigenvalue weighted by atomic mass is 16.5. The number of benzene rings is 1. The Bertz CT molecular complexity index is 390. The maximum atomic E-state index is 11.7. The van der Waals surface area contributed by atoms with Crippen LogP contribution in [0.25, 0.3) is 0 Å². The van der Waals surface area contributed by atoms with Gasteiger partial charge in [0.2, 0.25) is 0 Å². The first kappa shape index (κ1) is 15.2. The molecule has 0 spiro atoms. The lowest BCUT2D eigenvalue weighted by Crippen LogP contribution is -2.25. The van der Waals surface area contributed by atoms with Gasteiger partial charge in [0.15, 0.2) is 5.78 Å². The highest BCUT2D eigenvalue weighted by molar-refractivity contribution is 5.95. The first-order chi connectivity index (χ1) is 9.24. The number of ether oxygens (including phenoxy) is 1. The fourth-order valence-corrected chi connectivity index (χ4v) is 1.58. The molecule has 0 saturated heterocycles. The number of rotatable bonds is 8. The molecule has 1 N–H and O–H groups in total. The Morgan fingerprint density at radius 1 is 1.16 bits per heavy atom. The van der Waals surface area contributed by atoms with Gasteiger partial charge in [0, 0.05) is 18.5 Å². The molecule has 4 heteroatoms. The maximum absolute atomic E-state index is 11.7. The Morgan fingerprint density at radius 3 is 2.58 bits per heavy atom. The van der Waals surface area contributed by atoms with Crippen molar-refractivity contribution in [1.29, 1.82) is 0 Å². The number of unbranched alkanes of at least 4 members (excludes halogenated alkanes) is 1. The van der Waals surface area contributed by atoms with Crippen LogP contribution in [0, 0.1) is 0 Å². The van der Waals surface area contributed by atoms with E-state index >= 15 is 0 Å². The molecular formula is C15H21NO3. The molecule has 19 heavy (non-hydrogen) atoms. The molecule has 0 radical (unpaired) electrons. The minimum absolute atomic E-state index is 0.0793. The third kappa shape index (κ3) is 6.60. The summed E-state index contributed by atoms with van der Waals surface area (Å²) in [6.45, 7) is 2.97. The van der Waals surface area contributed by atoms with Crippen molar-refractivity contribution in [3.8, 4) is 0 Å². The minimum Gasteiger partial charge on any atom is -0.450 e. The summed E-state index contributed by atoms with van der Waals surface area (Å²) in [5.41, 5.74) is 0.704. The predicted octanol–water partition coefficient (Wildman–Crippen LogP) is 3.18. The number of carbonyl (C=O) groups excluding carboxylic acids is 2. The molecule has 104 valence electrons. The topological polar surface area (TPSA) is 55.4 Å². The first-order valence-electron chi connectivity index (χ1n) is 6.73. The van der Waals surface area contributed by atoms with Crippen molar-refractivity contribution in [2.75, 3.05) is 13.2 Å². The molecule has 0 aliphatic rings. The Hall–Kier alpha value is -1.84.